The van der Waals surface area contributed by atoms with Gasteiger partial charge in [0, 0.05) is 0 Å². The first kappa shape index (κ1) is 13.7. The molecule has 1 heteroatoms. The standard InChI is InChI=1S/C15H25P/c1-12(9-11-16)7-8-14-13(2)6-5-10-15(14,3)4/h7-9,11-12H,5-6,10,16H2,1-4H3. The molecule has 16 heavy (non-hydrogen) atoms. The van der Waals surface area contributed by atoms with E-state index in [0.29, 0.717) is 11.3 Å². The van der Waals surface area contributed by atoms with Crippen LogP contribution in [-0.4, -0.2) is 0 Å². The zero-order valence-corrected chi connectivity index (χ0v) is 12.2. The lowest BCUT2D eigenvalue weighted by molar-refractivity contribution is 0.376. The molecule has 0 aromatic rings. The molecule has 0 radical (unpaired) electrons. The highest BCUT2D eigenvalue weighted by molar-refractivity contribution is 7.20. The molecule has 0 saturated carbocycles. The molecular formula is C15H25P. The zero-order chi connectivity index (χ0) is 12.2. The first-order valence-corrected chi connectivity index (χ1v) is 6.91. The van der Waals surface area contributed by atoms with Gasteiger partial charge in [-0.3, -0.25) is 0 Å². The molecule has 0 saturated heterocycles. The Morgan fingerprint density at radius 1 is 1.31 bits per heavy atom. The third kappa shape index (κ3) is 3.59. The van der Waals surface area contributed by atoms with E-state index >= 15 is 0 Å². The van der Waals surface area contributed by atoms with Crippen LogP contribution in [0.1, 0.15) is 47.0 Å². The van der Waals surface area contributed by atoms with Crippen molar-refractivity contribution in [3.8, 4) is 0 Å². The van der Waals surface area contributed by atoms with E-state index in [1.807, 2.05) is 5.82 Å². The Balaban J connectivity index is 2.85. The van der Waals surface area contributed by atoms with Crippen molar-refractivity contribution >= 4 is 9.24 Å². The van der Waals surface area contributed by atoms with E-state index in [4.69, 9.17) is 0 Å². The second-order valence-corrected chi connectivity index (χ2v) is 5.92. The van der Waals surface area contributed by atoms with E-state index < -0.39 is 0 Å². The van der Waals surface area contributed by atoms with Crippen molar-refractivity contribution in [2.45, 2.75) is 47.0 Å². The number of allylic oxidation sites excluding steroid dienone is 5. The van der Waals surface area contributed by atoms with Gasteiger partial charge in [-0.15, -0.1) is 9.24 Å². The first-order chi connectivity index (χ1) is 7.47. The van der Waals surface area contributed by atoms with E-state index in [9.17, 15) is 0 Å². The molecule has 0 nitrogen and oxygen atoms in total. The van der Waals surface area contributed by atoms with Gasteiger partial charge in [0.25, 0.3) is 0 Å². The normalized spacial score (nSPS) is 23.3. The average Bonchev–Trinajstić information content (AvgIpc) is 2.16. The van der Waals surface area contributed by atoms with Crippen molar-refractivity contribution < 1.29 is 0 Å². The summed E-state index contributed by atoms with van der Waals surface area (Å²) in [5, 5.41) is 0. The van der Waals surface area contributed by atoms with Crippen LogP contribution in [0.4, 0.5) is 0 Å². The average molecular weight is 236 g/mol. The summed E-state index contributed by atoms with van der Waals surface area (Å²) in [6, 6.07) is 0. The van der Waals surface area contributed by atoms with Crippen molar-refractivity contribution in [3.63, 3.8) is 0 Å². The summed E-state index contributed by atoms with van der Waals surface area (Å²) in [4.78, 5) is 0. The van der Waals surface area contributed by atoms with Crippen molar-refractivity contribution in [1.82, 2.24) is 0 Å². The van der Waals surface area contributed by atoms with Gasteiger partial charge in [-0.25, -0.2) is 0 Å². The van der Waals surface area contributed by atoms with Gasteiger partial charge in [-0.05, 0) is 43.1 Å². The fourth-order valence-corrected chi connectivity index (χ4v) is 2.85. The smallest absolute Gasteiger partial charge is 0.00753 e. The van der Waals surface area contributed by atoms with E-state index in [0.717, 1.165) is 0 Å². The Morgan fingerprint density at radius 2 is 2.00 bits per heavy atom. The van der Waals surface area contributed by atoms with Gasteiger partial charge in [-0.2, -0.15) is 0 Å². The second kappa shape index (κ2) is 5.82. The summed E-state index contributed by atoms with van der Waals surface area (Å²) in [7, 11) is 2.63. The van der Waals surface area contributed by atoms with E-state index in [1.54, 1.807) is 11.1 Å². The van der Waals surface area contributed by atoms with Crippen LogP contribution in [0.5, 0.6) is 0 Å². The fraction of sp³-hybridized carbons (Fsp3) is 0.600. The predicted molar refractivity (Wildman–Crippen MR) is 77.5 cm³/mol. The van der Waals surface area contributed by atoms with Crippen LogP contribution in [0, 0.1) is 11.3 Å². The molecule has 1 aliphatic carbocycles. The van der Waals surface area contributed by atoms with Gasteiger partial charge >= 0.3 is 0 Å². The SMILES string of the molecule is CC1=C(C=CC(C)C=CP)C(C)(C)CCC1. The minimum atomic E-state index is 0.364. The molecule has 0 aromatic heterocycles. The third-order valence-electron chi connectivity index (χ3n) is 3.52. The Kier molecular flexibility index (Phi) is 4.99. The van der Waals surface area contributed by atoms with Crippen LogP contribution in [0.15, 0.2) is 35.2 Å². The summed E-state index contributed by atoms with van der Waals surface area (Å²) in [6.07, 6.45) is 10.8. The highest BCUT2D eigenvalue weighted by Gasteiger charge is 2.26. The second-order valence-electron chi connectivity index (χ2n) is 5.53. The van der Waals surface area contributed by atoms with Crippen LogP contribution in [-0.2, 0) is 0 Å². The molecule has 2 unspecified atom stereocenters. The van der Waals surface area contributed by atoms with Crippen LogP contribution in [0.25, 0.3) is 0 Å². The molecule has 0 fully saturated rings. The minimum absolute atomic E-state index is 0.364. The van der Waals surface area contributed by atoms with Gasteiger partial charge in [0.1, 0.15) is 0 Å². The maximum atomic E-state index is 2.63. The van der Waals surface area contributed by atoms with Crippen LogP contribution >= 0.6 is 9.24 Å². The molecule has 0 spiro atoms. The molecule has 0 N–H and O–H groups in total. The van der Waals surface area contributed by atoms with Gasteiger partial charge in [0.15, 0.2) is 0 Å². The Hall–Kier alpha value is -0.350. The lowest BCUT2D eigenvalue weighted by atomic mass is 9.72. The maximum absolute atomic E-state index is 2.63. The zero-order valence-electron chi connectivity index (χ0n) is 11.1. The summed E-state index contributed by atoms with van der Waals surface area (Å²) in [6.45, 7) is 9.25. The summed E-state index contributed by atoms with van der Waals surface area (Å²) >= 11 is 0. The fourth-order valence-electron chi connectivity index (χ4n) is 2.50. The van der Waals surface area contributed by atoms with E-state index in [1.165, 1.54) is 19.3 Å². The number of hydrogen-bond acceptors (Lipinski definition) is 0. The molecule has 1 aliphatic rings. The van der Waals surface area contributed by atoms with Gasteiger partial charge < -0.3 is 0 Å². The summed E-state index contributed by atoms with van der Waals surface area (Å²) < 4.78 is 0. The lowest BCUT2D eigenvalue weighted by Gasteiger charge is -2.33. The van der Waals surface area contributed by atoms with E-state index in [2.05, 4.69) is 55.2 Å². The summed E-state index contributed by atoms with van der Waals surface area (Å²) in [5.74, 6) is 2.57. The van der Waals surface area contributed by atoms with Crippen molar-refractivity contribution in [1.29, 1.82) is 0 Å². The highest BCUT2D eigenvalue weighted by Crippen LogP contribution is 2.40. The minimum Gasteiger partial charge on any atom is -0.114 e. The van der Waals surface area contributed by atoms with Crippen molar-refractivity contribution in [3.05, 3.63) is 35.2 Å². The molecule has 1 rings (SSSR count). The Morgan fingerprint density at radius 3 is 2.56 bits per heavy atom. The molecule has 0 aliphatic heterocycles. The Bertz CT molecular complexity index is 318. The maximum Gasteiger partial charge on any atom is -0.00753 e. The molecule has 90 valence electrons. The summed E-state index contributed by atoms with van der Waals surface area (Å²) in [5.41, 5.74) is 3.50. The molecule has 0 heterocycles. The first-order valence-electron chi connectivity index (χ1n) is 6.24. The third-order valence-corrected chi connectivity index (χ3v) is 3.75. The topological polar surface area (TPSA) is 0 Å². The number of hydrogen-bond donors (Lipinski definition) is 0. The van der Waals surface area contributed by atoms with Gasteiger partial charge in [0.2, 0.25) is 0 Å². The molecule has 0 aromatic carbocycles. The van der Waals surface area contributed by atoms with Crippen LogP contribution in [0.2, 0.25) is 0 Å². The van der Waals surface area contributed by atoms with Crippen molar-refractivity contribution in [2.24, 2.45) is 11.3 Å². The molecule has 2 atom stereocenters. The van der Waals surface area contributed by atoms with Gasteiger partial charge in [0.05, 0.1) is 0 Å². The number of rotatable bonds is 3. The van der Waals surface area contributed by atoms with Crippen molar-refractivity contribution in [2.75, 3.05) is 0 Å². The Labute approximate surface area is 103 Å². The largest absolute Gasteiger partial charge is 0.114 e. The van der Waals surface area contributed by atoms with Crippen LogP contribution in [0.3, 0.4) is 0 Å². The predicted octanol–water partition coefficient (Wildman–Crippen LogP) is 5.09. The lowest BCUT2D eigenvalue weighted by Crippen LogP contribution is -2.19. The molecule has 0 amide bonds. The molecule has 0 bridgehead atoms. The van der Waals surface area contributed by atoms with Gasteiger partial charge in [-0.1, -0.05) is 50.4 Å². The highest BCUT2D eigenvalue weighted by atomic mass is 31.0. The van der Waals surface area contributed by atoms with E-state index in [-0.39, 0.29) is 0 Å². The quantitative estimate of drug-likeness (QED) is 0.598. The molecular weight excluding hydrogens is 211 g/mol. The van der Waals surface area contributed by atoms with Crippen LogP contribution < -0.4 is 0 Å². The monoisotopic (exact) mass is 236 g/mol.